The fraction of sp³-hybridized carbons (Fsp3) is 0.176. The first kappa shape index (κ1) is 17.3. The highest BCUT2D eigenvalue weighted by molar-refractivity contribution is 6.33. The summed E-state index contributed by atoms with van der Waals surface area (Å²) in [5.74, 6) is 0.233. The van der Waals surface area contributed by atoms with E-state index in [0.29, 0.717) is 21.4 Å². The zero-order valence-corrected chi connectivity index (χ0v) is 14.2. The summed E-state index contributed by atoms with van der Waals surface area (Å²) < 4.78 is 5.55. The van der Waals surface area contributed by atoms with Gasteiger partial charge in [-0.25, -0.2) is 5.43 Å². The number of hydrogen-bond donors (Lipinski definition) is 1. The van der Waals surface area contributed by atoms with Crippen LogP contribution in [-0.4, -0.2) is 18.2 Å². The molecule has 0 heterocycles. The quantitative estimate of drug-likeness (QED) is 0.635. The van der Waals surface area contributed by atoms with Crippen LogP contribution in [0.2, 0.25) is 10.0 Å². The second-order valence-electron chi connectivity index (χ2n) is 5.04. The van der Waals surface area contributed by atoms with E-state index in [4.69, 9.17) is 27.9 Å². The van der Waals surface area contributed by atoms with Gasteiger partial charge in [0, 0.05) is 0 Å². The van der Waals surface area contributed by atoms with Crippen molar-refractivity contribution in [3.63, 3.8) is 0 Å². The topological polar surface area (TPSA) is 50.7 Å². The molecule has 0 spiro atoms. The number of halogens is 2. The van der Waals surface area contributed by atoms with Gasteiger partial charge in [-0.05, 0) is 49.7 Å². The smallest absolute Gasteiger partial charge is 0.272 e. The standard InChI is InChI=1S/C17H16Cl2N2O2/c1-11(2)23-16-8-7-12(9-15(16)19)10-20-21-17(22)13-5-3-4-6-14(13)18/h3-11H,1-2H3,(H,21,22)/b20-10-. The summed E-state index contributed by atoms with van der Waals surface area (Å²) in [7, 11) is 0. The lowest BCUT2D eigenvalue weighted by Gasteiger charge is -2.11. The molecule has 1 amide bonds. The van der Waals surface area contributed by atoms with Gasteiger partial charge < -0.3 is 4.74 Å². The number of hydrazone groups is 1. The van der Waals surface area contributed by atoms with Crippen LogP contribution in [0, 0.1) is 0 Å². The van der Waals surface area contributed by atoms with Crippen molar-refractivity contribution in [2.45, 2.75) is 20.0 Å². The van der Waals surface area contributed by atoms with E-state index in [1.807, 2.05) is 13.8 Å². The second-order valence-corrected chi connectivity index (χ2v) is 5.85. The molecule has 0 aliphatic carbocycles. The Labute approximate surface area is 145 Å². The SMILES string of the molecule is CC(C)Oc1ccc(/C=N\NC(=O)c2ccccc2Cl)cc1Cl. The molecule has 6 heteroatoms. The van der Waals surface area contributed by atoms with Crippen molar-refractivity contribution < 1.29 is 9.53 Å². The number of amides is 1. The van der Waals surface area contributed by atoms with Crippen molar-refractivity contribution in [3.8, 4) is 5.75 Å². The predicted molar refractivity (Wildman–Crippen MR) is 93.7 cm³/mol. The lowest BCUT2D eigenvalue weighted by molar-refractivity contribution is 0.0955. The van der Waals surface area contributed by atoms with Crippen LogP contribution in [0.1, 0.15) is 29.8 Å². The van der Waals surface area contributed by atoms with Gasteiger partial charge in [-0.1, -0.05) is 35.3 Å². The fourth-order valence-corrected chi connectivity index (χ4v) is 2.27. The molecule has 0 saturated heterocycles. The molecule has 120 valence electrons. The van der Waals surface area contributed by atoms with Gasteiger partial charge in [0.15, 0.2) is 0 Å². The van der Waals surface area contributed by atoms with Gasteiger partial charge in [0.2, 0.25) is 0 Å². The molecule has 0 atom stereocenters. The number of nitrogens with zero attached hydrogens (tertiary/aromatic N) is 1. The average molecular weight is 351 g/mol. The molecule has 0 aliphatic heterocycles. The Hall–Kier alpha value is -2.04. The van der Waals surface area contributed by atoms with E-state index in [0.717, 1.165) is 5.56 Å². The fourth-order valence-electron chi connectivity index (χ4n) is 1.82. The van der Waals surface area contributed by atoms with Crippen LogP contribution in [0.15, 0.2) is 47.6 Å². The van der Waals surface area contributed by atoms with Crippen molar-refractivity contribution in [3.05, 3.63) is 63.6 Å². The number of ether oxygens (including phenoxy) is 1. The Bertz CT molecular complexity index is 730. The van der Waals surface area contributed by atoms with E-state index in [1.54, 1.807) is 42.5 Å². The first-order valence-electron chi connectivity index (χ1n) is 7.01. The van der Waals surface area contributed by atoms with Crippen LogP contribution >= 0.6 is 23.2 Å². The monoisotopic (exact) mass is 350 g/mol. The Morgan fingerprint density at radius 2 is 1.91 bits per heavy atom. The van der Waals surface area contributed by atoms with Crippen LogP contribution in [0.4, 0.5) is 0 Å². The lowest BCUT2D eigenvalue weighted by Crippen LogP contribution is -2.17. The molecule has 0 radical (unpaired) electrons. The van der Waals surface area contributed by atoms with E-state index in [-0.39, 0.29) is 12.0 Å². The van der Waals surface area contributed by atoms with Gasteiger partial charge in [-0.2, -0.15) is 5.10 Å². The minimum atomic E-state index is -0.377. The van der Waals surface area contributed by atoms with E-state index in [2.05, 4.69) is 10.5 Å². The molecular weight excluding hydrogens is 335 g/mol. The minimum absolute atomic E-state index is 0.0435. The normalized spacial score (nSPS) is 11.0. The van der Waals surface area contributed by atoms with E-state index < -0.39 is 0 Å². The highest BCUT2D eigenvalue weighted by Gasteiger charge is 2.08. The Balaban J connectivity index is 2.02. The van der Waals surface area contributed by atoms with Gasteiger partial charge in [-0.15, -0.1) is 0 Å². The maximum Gasteiger partial charge on any atom is 0.272 e. The summed E-state index contributed by atoms with van der Waals surface area (Å²) in [5.41, 5.74) is 3.53. The number of carbonyl (C=O) groups excluding carboxylic acids is 1. The molecule has 0 aliphatic rings. The zero-order chi connectivity index (χ0) is 16.8. The lowest BCUT2D eigenvalue weighted by atomic mass is 10.2. The Morgan fingerprint density at radius 1 is 1.17 bits per heavy atom. The van der Waals surface area contributed by atoms with Gasteiger partial charge in [0.25, 0.3) is 5.91 Å². The van der Waals surface area contributed by atoms with Crippen molar-refractivity contribution in [2.24, 2.45) is 5.10 Å². The molecule has 0 fully saturated rings. The number of carbonyl (C=O) groups is 1. The predicted octanol–water partition coefficient (Wildman–Crippen LogP) is 4.54. The van der Waals surface area contributed by atoms with Gasteiger partial charge in [0.05, 0.1) is 27.9 Å². The van der Waals surface area contributed by atoms with Crippen molar-refractivity contribution in [1.29, 1.82) is 0 Å². The first-order valence-corrected chi connectivity index (χ1v) is 7.77. The van der Waals surface area contributed by atoms with Crippen LogP contribution in [0.5, 0.6) is 5.75 Å². The van der Waals surface area contributed by atoms with E-state index >= 15 is 0 Å². The summed E-state index contributed by atoms with van der Waals surface area (Å²) in [6.07, 6.45) is 1.54. The van der Waals surface area contributed by atoms with Crippen LogP contribution in [0.25, 0.3) is 0 Å². The minimum Gasteiger partial charge on any atom is -0.489 e. The molecule has 2 rings (SSSR count). The van der Waals surface area contributed by atoms with Crippen LogP contribution < -0.4 is 10.2 Å². The molecule has 23 heavy (non-hydrogen) atoms. The highest BCUT2D eigenvalue weighted by atomic mass is 35.5. The molecule has 0 aromatic heterocycles. The third kappa shape index (κ3) is 4.98. The van der Waals surface area contributed by atoms with Crippen molar-refractivity contribution >= 4 is 35.3 Å². The third-order valence-electron chi connectivity index (χ3n) is 2.82. The number of hydrogen-bond acceptors (Lipinski definition) is 3. The molecular formula is C17H16Cl2N2O2. The highest BCUT2D eigenvalue weighted by Crippen LogP contribution is 2.25. The van der Waals surface area contributed by atoms with Crippen LogP contribution in [-0.2, 0) is 0 Å². The number of rotatable bonds is 5. The molecule has 0 saturated carbocycles. The molecule has 4 nitrogen and oxygen atoms in total. The summed E-state index contributed by atoms with van der Waals surface area (Å²) in [6.45, 7) is 3.85. The molecule has 1 N–H and O–H groups in total. The van der Waals surface area contributed by atoms with Gasteiger partial charge in [0.1, 0.15) is 5.75 Å². The maximum absolute atomic E-state index is 11.9. The van der Waals surface area contributed by atoms with E-state index in [1.165, 1.54) is 6.21 Å². The Kier molecular flexibility index (Phi) is 6.02. The van der Waals surface area contributed by atoms with Crippen LogP contribution in [0.3, 0.4) is 0 Å². The van der Waals surface area contributed by atoms with E-state index in [9.17, 15) is 4.79 Å². The summed E-state index contributed by atoms with van der Waals surface area (Å²) in [5, 5.41) is 4.77. The Morgan fingerprint density at radius 3 is 2.57 bits per heavy atom. The van der Waals surface area contributed by atoms with Crippen molar-refractivity contribution in [1.82, 2.24) is 5.43 Å². The molecule has 0 bridgehead atoms. The molecule has 0 unspecified atom stereocenters. The largest absolute Gasteiger partial charge is 0.489 e. The summed E-state index contributed by atoms with van der Waals surface area (Å²) in [4.78, 5) is 11.9. The second kappa shape index (κ2) is 7.99. The molecule has 2 aromatic rings. The van der Waals surface area contributed by atoms with Crippen molar-refractivity contribution in [2.75, 3.05) is 0 Å². The summed E-state index contributed by atoms with van der Waals surface area (Å²) in [6, 6.07) is 12.0. The van der Waals surface area contributed by atoms with Gasteiger partial charge in [-0.3, -0.25) is 4.79 Å². The zero-order valence-electron chi connectivity index (χ0n) is 12.7. The third-order valence-corrected chi connectivity index (χ3v) is 3.44. The number of benzene rings is 2. The first-order chi connectivity index (χ1) is 11.0. The summed E-state index contributed by atoms with van der Waals surface area (Å²) >= 11 is 12.1. The average Bonchev–Trinajstić information content (AvgIpc) is 2.50. The maximum atomic E-state index is 11.9. The van der Waals surface area contributed by atoms with Gasteiger partial charge >= 0.3 is 0 Å². The number of nitrogens with one attached hydrogen (secondary N) is 1. The molecule has 2 aromatic carbocycles.